The lowest BCUT2D eigenvalue weighted by Crippen LogP contribution is -2.22. The van der Waals surface area contributed by atoms with Crippen molar-refractivity contribution in [2.24, 2.45) is 0 Å². The average molecular weight is 383 g/mol. The molecule has 2 N–H and O–H groups in total. The summed E-state index contributed by atoms with van der Waals surface area (Å²) in [5, 5.41) is 6.70. The van der Waals surface area contributed by atoms with Gasteiger partial charge in [0.2, 0.25) is 0 Å². The summed E-state index contributed by atoms with van der Waals surface area (Å²) in [7, 11) is 0. The molecule has 0 fully saturated rings. The molecule has 0 spiro atoms. The summed E-state index contributed by atoms with van der Waals surface area (Å²) in [5.74, 6) is 1.29. The van der Waals surface area contributed by atoms with E-state index in [0.717, 1.165) is 15.7 Å². The molecule has 140 valence electrons. The summed E-state index contributed by atoms with van der Waals surface area (Å²) in [6.07, 6.45) is 1.54. The number of nitrogens with zero attached hydrogens (tertiary/aromatic N) is 1. The second kappa shape index (κ2) is 9.70. The minimum absolute atomic E-state index is 0.169. The first-order chi connectivity index (χ1) is 13.2. The standard InChI is InChI=1S/C20H21N3O3S/c1-2-25-14-23-18-10-8-15(12-21-18)20(24)22-13-17-9-11-19(27-17)26-16-6-4-3-5-7-16/h3-12H,2,13-14H2,1H3,(H,21,23)(H,22,24). The van der Waals surface area contributed by atoms with Crippen LogP contribution in [0.2, 0.25) is 0 Å². The zero-order valence-electron chi connectivity index (χ0n) is 15.0. The Kier molecular flexibility index (Phi) is 6.78. The van der Waals surface area contributed by atoms with Gasteiger partial charge in [0, 0.05) is 17.7 Å². The molecule has 2 aromatic heterocycles. The van der Waals surface area contributed by atoms with Crippen molar-refractivity contribution in [2.75, 3.05) is 18.7 Å². The molecule has 0 aliphatic rings. The number of aromatic nitrogens is 1. The summed E-state index contributed by atoms with van der Waals surface area (Å²) < 4.78 is 11.0. The lowest BCUT2D eigenvalue weighted by atomic mass is 10.2. The number of hydrogen-bond donors (Lipinski definition) is 2. The highest BCUT2D eigenvalue weighted by atomic mass is 32.1. The summed E-state index contributed by atoms with van der Waals surface area (Å²) in [4.78, 5) is 17.5. The van der Waals surface area contributed by atoms with E-state index in [1.807, 2.05) is 49.4 Å². The maximum absolute atomic E-state index is 12.3. The van der Waals surface area contributed by atoms with Crippen molar-refractivity contribution in [3.63, 3.8) is 0 Å². The molecule has 1 amide bonds. The number of carbonyl (C=O) groups excluding carboxylic acids is 1. The SMILES string of the molecule is CCOCNc1ccc(C(=O)NCc2ccc(Oc3ccccc3)s2)cn1. The number of para-hydroxylation sites is 1. The molecule has 3 aromatic rings. The molecular formula is C20H21N3O3S. The Morgan fingerprint density at radius 2 is 1.96 bits per heavy atom. The molecule has 0 unspecified atom stereocenters. The van der Waals surface area contributed by atoms with E-state index >= 15 is 0 Å². The number of thiophene rings is 1. The van der Waals surface area contributed by atoms with Crippen LogP contribution in [-0.4, -0.2) is 24.2 Å². The van der Waals surface area contributed by atoms with Crippen molar-refractivity contribution < 1.29 is 14.3 Å². The summed E-state index contributed by atoms with van der Waals surface area (Å²) in [6.45, 7) is 3.38. The molecule has 0 aliphatic heterocycles. The Morgan fingerprint density at radius 3 is 2.70 bits per heavy atom. The highest BCUT2D eigenvalue weighted by Gasteiger charge is 2.08. The minimum Gasteiger partial charge on any atom is -0.447 e. The van der Waals surface area contributed by atoms with Gasteiger partial charge in [0.1, 0.15) is 18.3 Å². The van der Waals surface area contributed by atoms with Crippen LogP contribution in [0.3, 0.4) is 0 Å². The first-order valence-corrected chi connectivity index (χ1v) is 9.43. The quantitative estimate of drug-likeness (QED) is 0.426. The van der Waals surface area contributed by atoms with E-state index in [4.69, 9.17) is 9.47 Å². The predicted molar refractivity (Wildman–Crippen MR) is 106 cm³/mol. The molecular weight excluding hydrogens is 362 g/mol. The van der Waals surface area contributed by atoms with Gasteiger partial charge in [-0.3, -0.25) is 4.79 Å². The van der Waals surface area contributed by atoms with Gasteiger partial charge in [-0.2, -0.15) is 0 Å². The van der Waals surface area contributed by atoms with Crippen LogP contribution in [0, 0.1) is 0 Å². The van der Waals surface area contributed by atoms with E-state index < -0.39 is 0 Å². The van der Waals surface area contributed by atoms with Crippen molar-refractivity contribution in [2.45, 2.75) is 13.5 Å². The van der Waals surface area contributed by atoms with Gasteiger partial charge < -0.3 is 20.1 Å². The molecule has 0 aliphatic carbocycles. The fourth-order valence-electron chi connectivity index (χ4n) is 2.24. The van der Waals surface area contributed by atoms with Gasteiger partial charge in [-0.1, -0.05) is 18.2 Å². The van der Waals surface area contributed by atoms with Crippen molar-refractivity contribution in [1.29, 1.82) is 0 Å². The number of benzene rings is 1. The smallest absolute Gasteiger partial charge is 0.253 e. The van der Waals surface area contributed by atoms with Crippen LogP contribution in [-0.2, 0) is 11.3 Å². The van der Waals surface area contributed by atoms with Gasteiger partial charge in [-0.25, -0.2) is 4.98 Å². The van der Waals surface area contributed by atoms with Crippen molar-refractivity contribution in [3.05, 3.63) is 71.2 Å². The van der Waals surface area contributed by atoms with Gasteiger partial charge in [-0.05, 0) is 43.3 Å². The van der Waals surface area contributed by atoms with Crippen LogP contribution in [0.15, 0.2) is 60.8 Å². The molecule has 0 saturated carbocycles. The summed E-state index contributed by atoms with van der Waals surface area (Å²) >= 11 is 1.50. The number of ether oxygens (including phenoxy) is 2. The van der Waals surface area contributed by atoms with E-state index in [1.54, 1.807) is 18.3 Å². The van der Waals surface area contributed by atoms with Gasteiger partial charge in [0.05, 0.1) is 12.1 Å². The second-order valence-corrected chi connectivity index (χ2v) is 6.70. The maximum atomic E-state index is 12.3. The van der Waals surface area contributed by atoms with Crippen LogP contribution < -0.4 is 15.4 Å². The Labute approximate surface area is 162 Å². The van der Waals surface area contributed by atoms with E-state index in [2.05, 4.69) is 15.6 Å². The normalized spacial score (nSPS) is 10.4. The van der Waals surface area contributed by atoms with E-state index in [-0.39, 0.29) is 5.91 Å². The monoisotopic (exact) mass is 383 g/mol. The van der Waals surface area contributed by atoms with E-state index in [0.29, 0.717) is 31.3 Å². The largest absolute Gasteiger partial charge is 0.447 e. The van der Waals surface area contributed by atoms with Crippen LogP contribution in [0.1, 0.15) is 22.2 Å². The summed E-state index contributed by atoms with van der Waals surface area (Å²) in [5.41, 5.74) is 0.509. The molecule has 0 radical (unpaired) electrons. The van der Waals surface area contributed by atoms with E-state index in [9.17, 15) is 4.79 Å². The Morgan fingerprint density at radius 1 is 1.11 bits per heavy atom. The second-order valence-electron chi connectivity index (χ2n) is 5.56. The van der Waals surface area contributed by atoms with Crippen molar-refractivity contribution in [3.8, 4) is 10.8 Å². The van der Waals surface area contributed by atoms with Crippen LogP contribution in [0.25, 0.3) is 0 Å². The molecule has 27 heavy (non-hydrogen) atoms. The molecule has 0 atom stereocenters. The first kappa shape index (κ1) is 18.9. The van der Waals surface area contributed by atoms with Crippen LogP contribution in [0.5, 0.6) is 10.8 Å². The number of pyridine rings is 1. The van der Waals surface area contributed by atoms with Crippen LogP contribution in [0.4, 0.5) is 5.82 Å². The highest BCUT2D eigenvalue weighted by molar-refractivity contribution is 7.13. The number of carbonyl (C=O) groups is 1. The molecule has 7 heteroatoms. The third-order valence-corrected chi connectivity index (χ3v) is 4.57. The third-order valence-electron chi connectivity index (χ3n) is 3.61. The minimum atomic E-state index is -0.169. The van der Waals surface area contributed by atoms with Gasteiger partial charge >= 0.3 is 0 Å². The maximum Gasteiger partial charge on any atom is 0.253 e. The highest BCUT2D eigenvalue weighted by Crippen LogP contribution is 2.29. The lowest BCUT2D eigenvalue weighted by molar-refractivity contribution is 0.0951. The number of hydrogen-bond acceptors (Lipinski definition) is 6. The number of nitrogens with one attached hydrogen (secondary N) is 2. The van der Waals surface area contributed by atoms with Gasteiger partial charge in [0.15, 0.2) is 5.06 Å². The van der Waals surface area contributed by atoms with Gasteiger partial charge in [-0.15, -0.1) is 11.3 Å². The fourth-order valence-corrected chi connectivity index (χ4v) is 3.05. The van der Waals surface area contributed by atoms with Crippen LogP contribution >= 0.6 is 11.3 Å². The molecule has 3 rings (SSSR count). The topological polar surface area (TPSA) is 72.5 Å². The third kappa shape index (κ3) is 5.80. The molecule has 6 nitrogen and oxygen atoms in total. The van der Waals surface area contributed by atoms with Crippen molar-refractivity contribution in [1.82, 2.24) is 10.3 Å². The van der Waals surface area contributed by atoms with Crippen molar-refractivity contribution >= 4 is 23.1 Å². The average Bonchev–Trinajstić information content (AvgIpc) is 3.15. The molecule has 0 saturated heterocycles. The number of amides is 1. The molecule has 2 heterocycles. The van der Waals surface area contributed by atoms with E-state index in [1.165, 1.54) is 11.3 Å². The zero-order valence-corrected chi connectivity index (χ0v) is 15.8. The fraction of sp³-hybridized carbons (Fsp3) is 0.200. The predicted octanol–water partition coefficient (Wildman–Crippen LogP) is 4.27. The molecule has 0 bridgehead atoms. The van der Waals surface area contributed by atoms with Gasteiger partial charge in [0.25, 0.3) is 5.91 Å². The lowest BCUT2D eigenvalue weighted by Gasteiger charge is -2.07. The molecule has 1 aromatic carbocycles. The Bertz CT molecular complexity index is 850. The summed E-state index contributed by atoms with van der Waals surface area (Å²) in [6, 6.07) is 16.9. The number of rotatable bonds is 9. The Balaban J connectivity index is 1.49. The zero-order chi connectivity index (χ0) is 18.9. The number of anilines is 1. The first-order valence-electron chi connectivity index (χ1n) is 8.62. The Hall–Kier alpha value is -2.90.